The lowest BCUT2D eigenvalue weighted by Crippen LogP contribution is -2.36. The van der Waals surface area contributed by atoms with Gasteiger partial charge in [-0.05, 0) is 26.9 Å². The van der Waals surface area contributed by atoms with Crippen LogP contribution in [0.3, 0.4) is 0 Å². The van der Waals surface area contributed by atoms with Crippen LogP contribution in [0, 0.1) is 0 Å². The van der Waals surface area contributed by atoms with Crippen molar-refractivity contribution in [3.05, 3.63) is 0 Å². The average molecular weight is 157 g/mol. The lowest BCUT2D eigenvalue weighted by atomic mass is 10.3. The van der Waals surface area contributed by atoms with E-state index in [1.54, 1.807) is 0 Å². The number of likely N-dealkylation sites (N-methyl/N-ethyl adjacent to an activating group) is 1. The Balaban J connectivity index is 2.19. The predicted molar refractivity (Wildman–Crippen MR) is 47.6 cm³/mol. The van der Waals surface area contributed by atoms with Crippen LogP contribution in [0.25, 0.3) is 0 Å². The molecule has 0 saturated carbocycles. The Morgan fingerprint density at radius 1 is 1.73 bits per heavy atom. The Morgan fingerprint density at radius 3 is 2.91 bits per heavy atom. The molecule has 0 radical (unpaired) electrons. The standard InChI is InChI=1S/C8H19N3/c1-7(9)5-11-4-3-8(6-11)10-2/h7-8,10H,3-6,9H2,1-2H3. The van der Waals surface area contributed by atoms with E-state index < -0.39 is 0 Å². The number of likely N-dealkylation sites (tertiary alicyclic amines) is 1. The van der Waals surface area contributed by atoms with Gasteiger partial charge >= 0.3 is 0 Å². The Kier molecular flexibility index (Phi) is 3.30. The van der Waals surface area contributed by atoms with E-state index in [0.29, 0.717) is 12.1 Å². The monoisotopic (exact) mass is 157 g/mol. The minimum atomic E-state index is 0.311. The van der Waals surface area contributed by atoms with E-state index in [4.69, 9.17) is 5.73 Å². The van der Waals surface area contributed by atoms with E-state index in [2.05, 4.69) is 17.1 Å². The van der Waals surface area contributed by atoms with Crippen LogP contribution in [-0.2, 0) is 0 Å². The van der Waals surface area contributed by atoms with Gasteiger partial charge in [0.15, 0.2) is 0 Å². The third kappa shape index (κ3) is 2.77. The van der Waals surface area contributed by atoms with Crippen LogP contribution in [0.2, 0.25) is 0 Å². The summed E-state index contributed by atoms with van der Waals surface area (Å²) in [6.45, 7) is 5.47. The molecule has 0 aromatic rings. The molecule has 2 atom stereocenters. The van der Waals surface area contributed by atoms with Gasteiger partial charge < -0.3 is 16.0 Å². The van der Waals surface area contributed by atoms with E-state index in [9.17, 15) is 0 Å². The molecule has 66 valence electrons. The van der Waals surface area contributed by atoms with E-state index in [1.807, 2.05) is 7.05 Å². The first-order valence-corrected chi connectivity index (χ1v) is 4.37. The van der Waals surface area contributed by atoms with Crippen molar-refractivity contribution in [2.75, 3.05) is 26.7 Å². The van der Waals surface area contributed by atoms with Gasteiger partial charge in [0.1, 0.15) is 0 Å². The first-order valence-electron chi connectivity index (χ1n) is 4.37. The second-order valence-electron chi connectivity index (χ2n) is 3.51. The third-order valence-corrected chi connectivity index (χ3v) is 2.23. The van der Waals surface area contributed by atoms with Crippen LogP contribution < -0.4 is 11.1 Å². The molecule has 3 N–H and O–H groups in total. The molecule has 1 rings (SSSR count). The molecule has 1 aliphatic heterocycles. The molecule has 11 heavy (non-hydrogen) atoms. The number of hydrogen-bond acceptors (Lipinski definition) is 3. The maximum Gasteiger partial charge on any atom is 0.0204 e. The molecule has 0 bridgehead atoms. The van der Waals surface area contributed by atoms with Crippen molar-refractivity contribution in [3.8, 4) is 0 Å². The molecular formula is C8H19N3. The molecule has 1 aliphatic rings. The molecule has 0 aliphatic carbocycles. The Labute approximate surface area is 68.9 Å². The van der Waals surface area contributed by atoms with Gasteiger partial charge in [-0.25, -0.2) is 0 Å². The third-order valence-electron chi connectivity index (χ3n) is 2.23. The fourth-order valence-corrected chi connectivity index (χ4v) is 1.64. The zero-order valence-electron chi connectivity index (χ0n) is 7.51. The second-order valence-corrected chi connectivity index (χ2v) is 3.51. The maximum absolute atomic E-state index is 5.70. The number of nitrogens with zero attached hydrogens (tertiary/aromatic N) is 1. The molecule has 0 spiro atoms. The fourth-order valence-electron chi connectivity index (χ4n) is 1.64. The molecule has 1 heterocycles. The number of nitrogens with two attached hydrogens (primary N) is 1. The van der Waals surface area contributed by atoms with Crippen molar-refractivity contribution in [1.29, 1.82) is 0 Å². The largest absolute Gasteiger partial charge is 0.327 e. The van der Waals surface area contributed by atoms with Gasteiger partial charge in [-0.1, -0.05) is 0 Å². The Hall–Kier alpha value is -0.120. The quantitative estimate of drug-likeness (QED) is 0.587. The molecule has 1 fully saturated rings. The molecular weight excluding hydrogens is 138 g/mol. The van der Waals surface area contributed by atoms with Crippen molar-refractivity contribution in [3.63, 3.8) is 0 Å². The lowest BCUT2D eigenvalue weighted by Gasteiger charge is -2.17. The zero-order valence-corrected chi connectivity index (χ0v) is 7.51. The van der Waals surface area contributed by atoms with Crippen molar-refractivity contribution in [2.24, 2.45) is 5.73 Å². The highest BCUT2D eigenvalue weighted by Crippen LogP contribution is 2.07. The Morgan fingerprint density at radius 2 is 2.45 bits per heavy atom. The van der Waals surface area contributed by atoms with Crippen molar-refractivity contribution in [1.82, 2.24) is 10.2 Å². The number of rotatable bonds is 3. The van der Waals surface area contributed by atoms with Gasteiger partial charge in [0.05, 0.1) is 0 Å². The maximum atomic E-state index is 5.70. The van der Waals surface area contributed by atoms with Gasteiger partial charge in [0.2, 0.25) is 0 Å². The van der Waals surface area contributed by atoms with E-state index in [1.165, 1.54) is 13.0 Å². The molecule has 2 unspecified atom stereocenters. The van der Waals surface area contributed by atoms with Crippen LogP contribution in [0.15, 0.2) is 0 Å². The van der Waals surface area contributed by atoms with Gasteiger partial charge in [0.25, 0.3) is 0 Å². The van der Waals surface area contributed by atoms with Crippen LogP contribution in [-0.4, -0.2) is 43.7 Å². The minimum absolute atomic E-state index is 0.311. The summed E-state index contributed by atoms with van der Waals surface area (Å²) in [6.07, 6.45) is 1.27. The second kappa shape index (κ2) is 4.04. The van der Waals surface area contributed by atoms with Gasteiger partial charge in [-0.15, -0.1) is 0 Å². The van der Waals surface area contributed by atoms with E-state index in [0.717, 1.165) is 13.1 Å². The van der Waals surface area contributed by atoms with Gasteiger partial charge in [0, 0.05) is 25.2 Å². The average Bonchev–Trinajstić information content (AvgIpc) is 2.34. The molecule has 3 heteroatoms. The lowest BCUT2D eigenvalue weighted by molar-refractivity contribution is 0.313. The highest BCUT2D eigenvalue weighted by Gasteiger charge is 2.20. The summed E-state index contributed by atoms with van der Waals surface area (Å²) in [7, 11) is 2.03. The molecule has 0 amide bonds. The number of nitrogens with one attached hydrogen (secondary N) is 1. The Bertz CT molecular complexity index is 114. The summed E-state index contributed by atoms with van der Waals surface area (Å²) in [6, 6.07) is 0.999. The summed E-state index contributed by atoms with van der Waals surface area (Å²) >= 11 is 0. The highest BCUT2D eigenvalue weighted by atomic mass is 15.2. The first kappa shape index (κ1) is 8.97. The van der Waals surface area contributed by atoms with E-state index in [-0.39, 0.29) is 0 Å². The van der Waals surface area contributed by atoms with Crippen molar-refractivity contribution in [2.45, 2.75) is 25.4 Å². The molecule has 0 aromatic heterocycles. The van der Waals surface area contributed by atoms with Crippen LogP contribution in [0.4, 0.5) is 0 Å². The first-order chi connectivity index (χ1) is 5.22. The van der Waals surface area contributed by atoms with Gasteiger partial charge in [-0.2, -0.15) is 0 Å². The molecule has 1 saturated heterocycles. The van der Waals surface area contributed by atoms with Gasteiger partial charge in [-0.3, -0.25) is 0 Å². The SMILES string of the molecule is CNC1CCN(CC(C)N)C1. The molecule has 0 aromatic carbocycles. The summed E-state index contributed by atoms with van der Waals surface area (Å²) in [4.78, 5) is 2.42. The fraction of sp³-hybridized carbons (Fsp3) is 1.00. The normalized spacial score (nSPS) is 29.2. The summed E-state index contributed by atoms with van der Waals surface area (Å²) in [5.74, 6) is 0. The predicted octanol–water partition coefficient (Wildman–Crippen LogP) is -0.373. The van der Waals surface area contributed by atoms with Crippen molar-refractivity contribution >= 4 is 0 Å². The van der Waals surface area contributed by atoms with E-state index >= 15 is 0 Å². The smallest absolute Gasteiger partial charge is 0.0204 e. The summed E-state index contributed by atoms with van der Waals surface area (Å²) in [5.41, 5.74) is 5.70. The van der Waals surface area contributed by atoms with Crippen LogP contribution in [0.1, 0.15) is 13.3 Å². The summed E-state index contributed by atoms with van der Waals surface area (Å²) < 4.78 is 0. The number of hydrogen-bond donors (Lipinski definition) is 2. The minimum Gasteiger partial charge on any atom is -0.327 e. The molecule has 3 nitrogen and oxygen atoms in total. The van der Waals surface area contributed by atoms with Crippen LogP contribution >= 0.6 is 0 Å². The highest BCUT2D eigenvalue weighted by molar-refractivity contribution is 4.80. The zero-order chi connectivity index (χ0) is 8.27. The van der Waals surface area contributed by atoms with Crippen molar-refractivity contribution < 1.29 is 0 Å². The van der Waals surface area contributed by atoms with Crippen LogP contribution in [0.5, 0.6) is 0 Å². The summed E-state index contributed by atoms with van der Waals surface area (Å²) in [5, 5.41) is 3.28. The topological polar surface area (TPSA) is 41.3 Å².